The molecule has 3 rings (SSSR count). The van der Waals surface area contributed by atoms with Crippen molar-refractivity contribution in [2.75, 3.05) is 6.79 Å². The van der Waals surface area contributed by atoms with E-state index in [0.717, 1.165) is 35.1 Å². The lowest BCUT2D eigenvalue weighted by Gasteiger charge is -2.13. The van der Waals surface area contributed by atoms with Crippen molar-refractivity contribution in [3.63, 3.8) is 0 Å². The molecular weight excluding hydrogens is 510 g/mol. The number of alkyl halides is 3. The van der Waals surface area contributed by atoms with Gasteiger partial charge in [0.2, 0.25) is 6.79 Å². The Balaban J connectivity index is 1.84. The maximum absolute atomic E-state index is 12.8. The second-order valence-corrected chi connectivity index (χ2v) is 8.21. The first kappa shape index (κ1) is 25.5. The maximum Gasteiger partial charge on any atom is 0.516 e. The van der Waals surface area contributed by atoms with Crippen LogP contribution in [0.1, 0.15) is 11.1 Å². The lowest BCUT2D eigenvalue weighted by molar-refractivity contribution is -0.137. The maximum atomic E-state index is 12.8. The monoisotopic (exact) mass is 523 g/mol. The Bertz CT molecular complexity index is 1280. The molecule has 0 saturated carbocycles. The summed E-state index contributed by atoms with van der Waals surface area (Å²) in [6.45, 7) is -1.36. The van der Waals surface area contributed by atoms with Crippen molar-refractivity contribution < 1.29 is 50.7 Å². The van der Waals surface area contributed by atoms with E-state index in [-0.39, 0.29) is 34.1 Å². The third-order valence-corrected chi connectivity index (χ3v) is 4.91. The number of benzene rings is 2. The molecule has 2 N–H and O–H groups in total. The van der Waals surface area contributed by atoms with E-state index in [1.807, 2.05) is 0 Å². The number of rotatable bonds is 7. The molecule has 0 aliphatic heterocycles. The van der Waals surface area contributed by atoms with Gasteiger partial charge in [0.1, 0.15) is 12.0 Å². The number of phosphoric ester groups is 1. The molecule has 0 amide bonds. The van der Waals surface area contributed by atoms with Gasteiger partial charge >= 0.3 is 25.9 Å². The van der Waals surface area contributed by atoms with Gasteiger partial charge in [-0.05, 0) is 30.3 Å². The summed E-state index contributed by atoms with van der Waals surface area (Å²) in [5.74, 6) is -0.976. The summed E-state index contributed by atoms with van der Waals surface area (Å²) >= 11 is 5.99. The van der Waals surface area contributed by atoms with Crippen LogP contribution < -0.4 is 10.5 Å². The number of aromatic nitrogens is 1. The fourth-order valence-electron chi connectivity index (χ4n) is 2.74. The summed E-state index contributed by atoms with van der Waals surface area (Å²) in [7, 11) is -4.87. The van der Waals surface area contributed by atoms with Crippen LogP contribution in [0.5, 0.6) is 5.75 Å². The Labute approximate surface area is 193 Å². The zero-order valence-corrected chi connectivity index (χ0v) is 18.3. The highest BCUT2D eigenvalue weighted by atomic mass is 35.5. The number of hydrogen-bond acceptors (Lipinski definition) is 7. The quantitative estimate of drug-likeness (QED) is 0.199. The van der Waals surface area contributed by atoms with E-state index < -0.39 is 38.3 Å². The Morgan fingerprint density at radius 2 is 1.82 bits per heavy atom. The molecule has 0 bridgehead atoms. The smallest absolute Gasteiger partial charge is 0.416 e. The van der Waals surface area contributed by atoms with Crippen molar-refractivity contribution >= 4 is 25.6 Å². The third-order valence-electron chi connectivity index (χ3n) is 4.23. The highest BCUT2D eigenvalue weighted by Crippen LogP contribution is 2.35. The van der Waals surface area contributed by atoms with Crippen molar-refractivity contribution in [3.05, 3.63) is 75.4 Å². The van der Waals surface area contributed by atoms with Gasteiger partial charge in [0, 0.05) is 16.1 Å². The van der Waals surface area contributed by atoms with Crippen molar-refractivity contribution in [1.82, 2.24) is 4.57 Å². The molecule has 15 heteroatoms. The Morgan fingerprint density at radius 3 is 2.44 bits per heavy atom. The number of halogens is 4. The first-order valence-corrected chi connectivity index (χ1v) is 10.9. The Kier molecular flexibility index (Phi) is 7.54. The van der Waals surface area contributed by atoms with Crippen LogP contribution in [0.2, 0.25) is 5.02 Å². The molecular formula is C19H14ClF3NO9P. The van der Waals surface area contributed by atoms with Gasteiger partial charge in [-0.3, -0.25) is 4.57 Å². The fraction of sp³-hybridized carbons (Fsp3) is 0.158. The Morgan fingerprint density at radius 1 is 1.15 bits per heavy atom. The van der Waals surface area contributed by atoms with Crippen molar-refractivity contribution in [2.24, 2.45) is 0 Å². The van der Waals surface area contributed by atoms with E-state index in [1.165, 1.54) is 18.2 Å². The van der Waals surface area contributed by atoms with E-state index in [2.05, 4.69) is 9.26 Å². The van der Waals surface area contributed by atoms with Gasteiger partial charge in [-0.25, -0.2) is 18.7 Å². The van der Waals surface area contributed by atoms with Crippen LogP contribution in [0.4, 0.5) is 18.0 Å². The summed E-state index contributed by atoms with van der Waals surface area (Å²) in [6, 6.07) is 8.00. The zero-order valence-electron chi connectivity index (χ0n) is 16.7. The lowest BCUT2D eigenvalue weighted by Crippen LogP contribution is -2.18. The average molecular weight is 524 g/mol. The minimum Gasteiger partial charge on any atom is -0.416 e. The molecule has 0 aliphatic rings. The van der Waals surface area contributed by atoms with Crippen LogP contribution in [0.3, 0.4) is 0 Å². The van der Waals surface area contributed by atoms with Crippen molar-refractivity contribution in [2.45, 2.75) is 12.7 Å². The average Bonchev–Trinajstić information content (AvgIpc) is 3.09. The molecule has 2 aromatic carbocycles. The molecule has 34 heavy (non-hydrogen) atoms. The highest BCUT2D eigenvalue weighted by Gasteiger charge is 2.30. The molecule has 0 atom stereocenters. The van der Waals surface area contributed by atoms with Crippen molar-refractivity contribution in [1.29, 1.82) is 0 Å². The number of hydrogen-bond donors (Lipinski definition) is 2. The molecule has 1 aromatic heterocycles. The van der Waals surface area contributed by atoms with Crippen LogP contribution in [-0.2, 0) is 26.5 Å². The second-order valence-electron chi connectivity index (χ2n) is 6.53. The van der Waals surface area contributed by atoms with Crippen LogP contribution in [0.25, 0.3) is 11.3 Å². The fourth-order valence-corrected chi connectivity index (χ4v) is 3.12. The number of nitrogens with zero attached hydrogens (tertiary/aromatic N) is 1. The number of oxazole rings is 1. The summed E-state index contributed by atoms with van der Waals surface area (Å²) in [4.78, 5) is 41.2. The first-order valence-electron chi connectivity index (χ1n) is 9.02. The SMILES string of the molecule is O=C(OCOP(=O)(O)O)Oc1ccc(Cl)cc1Cn1c(-c2ccc(C(F)(F)F)cc2)coc1=O. The van der Waals surface area contributed by atoms with Gasteiger partial charge in [-0.2, -0.15) is 13.2 Å². The summed E-state index contributed by atoms with van der Waals surface area (Å²) in [5.41, 5.74) is -0.308. The molecule has 182 valence electrons. The summed E-state index contributed by atoms with van der Waals surface area (Å²) in [6.07, 6.45) is -4.85. The largest absolute Gasteiger partial charge is 0.516 e. The minimum absolute atomic E-state index is 0.128. The predicted molar refractivity (Wildman–Crippen MR) is 109 cm³/mol. The first-order chi connectivity index (χ1) is 15.8. The zero-order chi connectivity index (χ0) is 25.1. The van der Waals surface area contributed by atoms with Crippen LogP contribution in [-0.4, -0.2) is 27.3 Å². The van der Waals surface area contributed by atoms with E-state index in [9.17, 15) is 27.3 Å². The third kappa shape index (κ3) is 6.72. The van der Waals surface area contributed by atoms with Gasteiger partial charge in [0.15, 0.2) is 0 Å². The molecule has 0 radical (unpaired) electrons. The molecule has 0 spiro atoms. The number of ether oxygens (including phenoxy) is 2. The molecule has 1 heterocycles. The van der Waals surface area contributed by atoms with Gasteiger partial charge in [-0.1, -0.05) is 23.7 Å². The summed E-state index contributed by atoms with van der Waals surface area (Å²) in [5, 5.41) is 0.202. The molecule has 3 aromatic rings. The van der Waals surface area contributed by atoms with E-state index in [0.29, 0.717) is 0 Å². The van der Waals surface area contributed by atoms with Crippen LogP contribution in [0, 0.1) is 0 Å². The lowest BCUT2D eigenvalue weighted by atomic mass is 10.1. The molecule has 10 nitrogen and oxygen atoms in total. The predicted octanol–water partition coefficient (Wildman–Crippen LogP) is 4.41. The van der Waals surface area contributed by atoms with E-state index >= 15 is 0 Å². The van der Waals surface area contributed by atoms with Crippen LogP contribution in [0.15, 0.2) is 57.9 Å². The molecule has 0 saturated heterocycles. The highest BCUT2D eigenvalue weighted by molar-refractivity contribution is 7.46. The standard InChI is InChI=1S/C19H14ClF3NO9P/c20-14-5-6-16(33-18(26)31-10-32-34(27,28)29)12(7-14)8-24-15(9-30-17(24)25)11-1-3-13(4-2-11)19(21,22)23/h1-7,9H,8,10H2,(H2,27,28,29). The second kappa shape index (κ2) is 10.0. The molecule has 0 aliphatic carbocycles. The topological polar surface area (TPSA) is 137 Å². The Hall–Kier alpha value is -3.09. The van der Waals surface area contributed by atoms with Gasteiger partial charge in [-0.15, -0.1) is 0 Å². The van der Waals surface area contributed by atoms with Gasteiger partial charge < -0.3 is 23.7 Å². The number of carbonyl (C=O) groups is 1. The van der Waals surface area contributed by atoms with Crippen LogP contribution >= 0.6 is 19.4 Å². The van der Waals surface area contributed by atoms with Crippen molar-refractivity contribution in [3.8, 4) is 17.0 Å². The molecule has 0 unspecified atom stereocenters. The minimum atomic E-state index is -4.87. The number of carbonyl (C=O) groups excluding carboxylic acids is 1. The molecule has 0 fully saturated rings. The normalized spacial score (nSPS) is 11.9. The van der Waals surface area contributed by atoms with Gasteiger partial charge in [0.25, 0.3) is 0 Å². The van der Waals surface area contributed by atoms with E-state index in [1.54, 1.807) is 0 Å². The summed E-state index contributed by atoms with van der Waals surface area (Å²) < 4.78 is 68.4. The van der Waals surface area contributed by atoms with Gasteiger partial charge in [0.05, 0.1) is 17.8 Å². The van der Waals surface area contributed by atoms with E-state index in [4.69, 9.17) is 30.5 Å². The number of phosphoric acid groups is 1.